The Balaban J connectivity index is 1.88. The molecule has 0 bridgehead atoms. The molecule has 0 spiro atoms. The molecular formula is C15H19N3O+2. The molecule has 19 heavy (non-hydrogen) atoms. The standard InChI is InChI=1S/C15H18N3O/c1-14-5-10-17(11-6-14)8-3-9-18-7-2-4-15(13-18)12-16-19/h2,4-7,10-13H,3,8-9H2,1H3/q+1/p+1/b16-12+. The Kier molecular flexibility index (Phi) is 4.61. The minimum Gasteiger partial charge on any atom is -0.411 e. The molecule has 98 valence electrons. The molecule has 2 aromatic heterocycles. The summed E-state index contributed by atoms with van der Waals surface area (Å²) in [6.45, 7) is 4.02. The first-order valence-corrected chi connectivity index (χ1v) is 6.40. The first-order chi connectivity index (χ1) is 9.28. The molecule has 2 heterocycles. The van der Waals surface area contributed by atoms with Crippen LogP contribution in [0.3, 0.4) is 0 Å². The zero-order chi connectivity index (χ0) is 13.5. The topological polar surface area (TPSA) is 40.3 Å². The average molecular weight is 257 g/mol. The summed E-state index contributed by atoms with van der Waals surface area (Å²) in [6, 6.07) is 8.10. The number of aryl methyl sites for hydroxylation is 3. The Morgan fingerprint density at radius 1 is 1.11 bits per heavy atom. The maximum atomic E-state index is 8.51. The van der Waals surface area contributed by atoms with Gasteiger partial charge in [-0.1, -0.05) is 5.16 Å². The fourth-order valence-electron chi connectivity index (χ4n) is 1.94. The van der Waals surface area contributed by atoms with Gasteiger partial charge in [-0.2, -0.15) is 0 Å². The number of hydrogen-bond donors (Lipinski definition) is 1. The number of nitrogens with zero attached hydrogens (tertiary/aromatic N) is 3. The van der Waals surface area contributed by atoms with Gasteiger partial charge in [0.05, 0.1) is 18.2 Å². The summed E-state index contributed by atoms with van der Waals surface area (Å²) in [5.74, 6) is 0. The largest absolute Gasteiger partial charge is 0.411 e. The number of pyridine rings is 2. The van der Waals surface area contributed by atoms with Gasteiger partial charge in [0.25, 0.3) is 0 Å². The van der Waals surface area contributed by atoms with Crippen LogP contribution in [0.2, 0.25) is 0 Å². The van der Waals surface area contributed by atoms with Gasteiger partial charge in [-0.25, -0.2) is 9.13 Å². The molecule has 2 aromatic rings. The van der Waals surface area contributed by atoms with Crippen LogP contribution in [0.1, 0.15) is 17.5 Å². The van der Waals surface area contributed by atoms with Gasteiger partial charge in [-0.15, -0.1) is 0 Å². The van der Waals surface area contributed by atoms with Gasteiger partial charge in [-0.3, -0.25) is 0 Å². The smallest absolute Gasteiger partial charge is 0.177 e. The zero-order valence-electron chi connectivity index (χ0n) is 11.1. The van der Waals surface area contributed by atoms with Crippen molar-refractivity contribution in [1.29, 1.82) is 0 Å². The summed E-state index contributed by atoms with van der Waals surface area (Å²) in [5, 5.41) is 11.6. The van der Waals surface area contributed by atoms with Crippen molar-refractivity contribution in [3.8, 4) is 0 Å². The molecule has 0 unspecified atom stereocenters. The third kappa shape index (κ3) is 4.17. The maximum Gasteiger partial charge on any atom is 0.177 e. The quantitative estimate of drug-likeness (QED) is 0.375. The molecule has 0 aromatic carbocycles. The Morgan fingerprint density at radius 3 is 2.58 bits per heavy atom. The maximum absolute atomic E-state index is 8.51. The van der Waals surface area contributed by atoms with E-state index >= 15 is 0 Å². The van der Waals surface area contributed by atoms with Gasteiger partial charge in [-0.05, 0) is 18.6 Å². The lowest BCUT2D eigenvalue weighted by molar-refractivity contribution is -0.727. The minimum atomic E-state index is 0.896. The monoisotopic (exact) mass is 257 g/mol. The fourth-order valence-corrected chi connectivity index (χ4v) is 1.94. The van der Waals surface area contributed by atoms with Gasteiger partial charge in [0.2, 0.25) is 0 Å². The first-order valence-electron chi connectivity index (χ1n) is 6.40. The van der Waals surface area contributed by atoms with Crippen molar-refractivity contribution in [1.82, 2.24) is 0 Å². The Morgan fingerprint density at radius 2 is 1.84 bits per heavy atom. The van der Waals surface area contributed by atoms with Crippen LogP contribution in [-0.4, -0.2) is 11.4 Å². The molecule has 0 fully saturated rings. The number of hydrogen-bond acceptors (Lipinski definition) is 2. The summed E-state index contributed by atoms with van der Waals surface area (Å²) in [4.78, 5) is 0. The van der Waals surface area contributed by atoms with Crippen molar-refractivity contribution < 1.29 is 14.3 Å². The summed E-state index contributed by atoms with van der Waals surface area (Å²) < 4.78 is 4.29. The van der Waals surface area contributed by atoms with E-state index in [-0.39, 0.29) is 0 Å². The van der Waals surface area contributed by atoms with E-state index in [4.69, 9.17) is 5.21 Å². The van der Waals surface area contributed by atoms with Crippen LogP contribution in [0.15, 0.2) is 54.2 Å². The van der Waals surface area contributed by atoms with Gasteiger partial charge < -0.3 is 5.21 Å². The van der Waals surface area contributed by atoms with E-state index < -0.39 is 0 Å². The molecule has 0 saturated carbocycles. The summed E-state index contributed by atoms with van der Waals surface area (Å²) in [6.07, 6.45) is 10.7. The van der Waals surface area contributed by atoms with Gasteiger partial charge in [0.1, 0.15) is 0 Å². The number of rotatable bonds is 5. The van der Waals surface area contributed by atoms with Gasteiger partial charge in [0.15, 0.2) is 37.9 Å². The van der Waals surface area contributed by atoms with E-state index in [1.54, 1.807) is 0 Å². The van der Waals surface area contributed by atoms with E-state index in [0.717, 1.165) is 25.1 Å². The molecule has 0 atom stereocenters. The third-order valence-electron chi connectivity index (χ3n) is 2.98. The molecular weight excluding hydrogens is 238 g/mol. The molecule has 1 N–H and O–H groups in total. The van der Waals surface area contributed by atoms with Crippen LogP contribution in [0.4, 0.5) is 0 Å². The second-order valence-corrected chi connectivity index (χ2v) is 4.59. The van der Waals surface area contributed by atoms with Crippen LogP contribution in [-0.2, 0) is 13.1 Å². The van der Waals surface area contributed by atoms with Crippen LogP contribution in [0.25, 0.3) is 0 Å². The molecule has 0 aliphatic heterocycles. The SMILES string of the molecule is Cc1cc[n+](CCC[n+]2cccc(/C=N/O)c2)cc1. The highest BCUT2D eigenvalue weighted by molar-refractivity contribution is 5.77. The molecule has 0 saturated heterocycles. The van der Waals surface area contributed by atoms with Gasteiger partial charge >= 0.3 is 0 Å². The molecule has 0 radical (unpaired) electrons. The Bertz CT molecular complexity index is 550. The van der Waals surface area contributed by atoms with Crippen molar-refractivity contribution >= 4 is 6.21 Å². The normalized spacial score (nSPS) is 11.0. The Hall–Kier alpha value is -2.23. The molecule has 4 heteroatoms. The van der Waals surface area contributed by atoms with E-state index in [1.807, 2.05) is 24.5 Å². The van der Waals surface area contributed by atoms with E-state index in [0.29, 0.717) is 0 Å². The van der Waals surface area contributed by atoms with Gasteiger partial charge in [0, 0.05) is 18.2 Å². The minimum absolute atomic E-state index is 0.896. The van der Waals surface area contributed by atoms with Crippen molar-refractivity contribution in [2.24, 2.45) is 5.16 Å². The Labute approximate surface area is 113 Å². The molecule has 4 nitrogen and oxygen atoms in total. The van der Waals surface area contributed by atoms with Crippen LogP contribution in [0, 0.1) is 6.92 Å². The molecule has 0 aliphatic rings. The third-order valence-corrected chi connectivity index (χ3v) is 2.98. The van der Waals surface area contributed by atoms with E-state index in [2.05, 4.69) is 45.7 Å². The second-order valence-electron chi connectivity index (χ2n) is 4.59. The van der Waals surface area contributed by atoms with Crippen LogP contribution >= 0.6 is 0 Å². The van der Waals surface area contributed by atoms with Crippen molar-refractivity contribution in [3.05, 3.63) is 60.2 Å². The fraction of sp³-hybridized carbons (Fsp3) is 0.267. The molecule has 0 aliphatic carbocycles. The summed E-state index contributed by atoms with van der Waals surface area (Å²) in [7, 11) is 0. The lowest BCUT2D eigenvalue weighted by Gasteiger charge is -1.97. The summed E-state index contributed by atoms with van der Waals surface area (Å²) >= 11 is 0. The van der Waals surface area contributed by atoms with Crippen molar-refractivity contribution in [2.75, 3.05) is 0 Å². The lowest BCUT2D eigenvalue weighted by Crippen LogP contribution is -2.38. The lowest BCUT2D eigenvalue weighted by atomic mass is 10.3. The molecule has 2 rings (SSSR count). The van der Waals surface area contributed by atoms with E-state index in [9.17, 15) is 0 Å². The zero-order valence-corrected chi connectivity index (χ0v) is 11.1. The second kappa shape index (κ2) is 6.64. The highest BCUT2D eigenvalue weighted by Crippen LogP contribution is 1.92. The number of oxime groups is 1. The highest BCUT2D eigenvalue weighted by Gasteiger charge is 2.05. The van der Waals surface area contributed by atoms with Crippen LogP contribution < -0.4 is 9.13 Å². The summed E-state index contributed by atoms with van der Waals surface area (Å²) in [5.41, 5.74) is 2.18. The average Bonchev–Trinajstić information content (AvgIpc) is 2.42. The van der Waals surface area contributed by atoms with Crippen molar-refractivity contribution in [3.63, 3.8) is 0 Å². The predicted octanol–water partition coefficient (Wildman–Crippen LogP) is 1.47. The van der Waals surface area contributed by atoms with Crippen molar-refractivity contribution in [2.45, 2.75) is 26.4 Å². The predicted molar refractivity (Wildman–Crippen MR) is 72.0 cm³/mol. The highest BCUT2D eigenvalue weighted by atomic mass is 16.4. The first kappa shape index (κ1) is 13.2. The molecule has 0 amide bonds. The van der Waals surface area contributed by atoms with E-state index in [1.165, 1.54) is 11.8 Å². The van der Waals surface area contributed by atoms with Crippen LogP contribution in [0.5, 0.6) is 0 Å². The number of aromatic nitrogens is 2.